The van der Waals surface area contributed by atoms with Gasteiger partial charge in [0.15, 0.2) is 0 Å². The van der Waals surface area contributed by atoms with Crippen LogP contribution in [0.15, 0.2) is 12.5 Å². The van der Waals surface area contributed by atoms with Gasteiger partial charge in [-0.1, -0.05) is 13.8 Å². The standard InChI is InChI=1S/C20H31N7O8/c1-9(2)3-12(18(32)27-14(20(34)35)6-16(29)30)26-19(33)13(5-15(22)28)25-17(31)11(21)4-10-7-23-8-24-10/h7-9,11-14H,3-6,21H2,1-2H3,(H2,22,28)(H,23,24)(H,25,31)(H,26,33)(H,27,32)(H,29,30)(H,34,35). The fourth-order valence-electron chi connectivity index (χ4n) is 3.04. The van der Waals surface area contributed by atoms with Crippen LogP contribution in [0.5, 0.6) is 0 Å². The van der Waals surface area contributed by atoms with Crippen molar-refractivity contribution in [2.45, 2.75) is 63.7 Å². The van der Waals surface area contributed by atoms with Crippen molar-refractivity contribution in [1.82, 2.24) is 25.9 Å². The highest BCUT2D eigenvalue weighted by Gasteiger charge is 2.32. The van der Waals surface area contributed by atoms with E-state index in [1.165, 1.54) is 12.5 Å². The van der Waals surface area contributed by atoms with Crippen LogP contribution in [-0.4, -0.2) is 79.9 Å². The molecule has 0 saturated carbocycles. The van der Waals surface area contributed by atoms with Crippen molar-refractivity contribution in [3.8, 4) is 0 Å². The SMILES string of the molecule is CC(C)CC(NC(=O)C(CC(N)=O)NC(=O)C(N)Cc1cnc[nH]1)C(=O)NC(CC(=O)O)C(=O)O. The lowest BCUT2D eigenvalue weighted by Crippen LogP contribution is -2.58. The molecule has 1 rings (SSSR count). The van der Waals surface area contributed by atoms with E-state index in [4.69, 9.17) is 21.7 Å². The first-order chi connectivity index (χ1) is 16.3. The Bertz CT molecular complexity index is 919. The Morgan fingerprint density at radius 1 is 0.943 bits per heavy atom. The number of hydrogen-bond acceptors (Lipinski definition) is 8. The van der Waals surface area contributed by atoms with Gasteiger partial charge < -0.3 is 42.6 Å². The van der Waals surface area contributed by atoms with Crippen molar-refractivity contribution >= 4 is 35.6 Å². The Hall–Kier alpha value is -4.01. The molecule has 10 N–H and O–H groups in total. The van der Waals surface area contributed by atoms with Crippen LogP contribution in [-0.2, 0) is 35.2 Å². The Morgan fingerprint density at radius 2 is 1.51 bits per heavy atom. The Balaban J connectivity index is 2.96. The van der Waals surface area contributed by atoms with Crippen molar-refractivity contribution in [3.05, 3.63) is 18.2 Å². The molecule has 15 nitrogen and oxygen atoms in total. The number of imidazole rings is 1. The molecule has 4 amide bonds. The number of carbonyl (C=O) groups is 6. The number of hydrogen-bond donors (Lipinski definition) is 8. The van der Waals surface area contributed by atoms with Crippen LogP contribution < -0.4 is 27.4 Å². The van der Waals surface area contributed by atoms with Gasteiger partial charge >= 0.3 is 11.9 Å². The summed E-state index contributed by atoms with van der Waals surface area (Å²) in [6.45, 7) is 3.46. The largest absolute Gasteiger partial charge is 0.481 e. The zero-order valence-corrected chi connectivity index (χ0v) is 19.3. The van der Waals surface area contributed by atoms with E-state index < -0.39 is 72.6 Å². The maximum Gasteiger partial charge on any atom is 0.326 e. The smallest absolute Gasteiger partial charge is 0.326 e. The summed E-state index contributed by atoms with van der Waals surface area (Å²) in [6.07, 6.45) is 1.50. The highest BCUT2D eigenvalue weighted by Crippen LogP contribution is 2.08. The van der Waals surface area contributed by atoms with Gasteiger partial charge in [0.2, 0.25) is 23.6 Å². The molecule has 0 bridgehead atoms. The van der Waals surface area contributed by atoms with Gasteiger partial charge in [-0.3, -0.25) is 24.0 Å². The quantitative estimate of drug-likeness (QED) is 0.123. The molecule has 0 aliphatic heterocycles. The predicted molar refractivity (Wildman–Crippen MR) is 119 cm³/mol. The minimum atomic E-state index is -1.73. The third-order valence-electron chi connectivity index (χ3n) is 4.70. The molecule has 0 saturated heterocycles. The number of H-pyrrole nitrogens is 1. The van der Waals surface area contributed by atoms with Crippen LogP contribution in [0, 0.1) is 5.92 Å². The van der Waals surface area contributed by atoms with Gasteiger partial charge in [0.1, 0.15) is 18.1 Å². The number of aliphatic carboxylic acids is 2. The number of carboxylic acids is 2. The molecular formula is C20H31N7O8. The molecule has 4 unspecified atom stereocenters. The highest BCUT2D eigenvalue weighted by molar-refractivity contribution is 5.96. The van der Waals surface area contributed by atoms with Crippen LogP contribution in [0.25, 0.3) is 0 Å². The summed E-state index contributed by atoms with van der Waals surface area (Å²) in [5.41, 5.74) is 11.6. The van der Waals surface area contributed by atoms with Gasteiger partial charge in [0.25, 0.3) is 0 Å². The third kappa shape index (κ3) is 10.6. The number of aromatic nitrogens is 2. The van der Waals surface area contributed by atoms with E-state index in [0.29, 0.717) is 5.69 Å². The Labute approximate surface area is 200 Å². The zero-order chi connectivity index (χ0) is 26.7. The first-order valence-corrected chi connectivity index (χ1v) is 10.7. The van der Waals surface area contributed by atoms with E-state index in [1.807, 2.05) is 0 Å². The van der Waals surface area contributed by atoms with Crippen LogP contribution in [0.3, 0.4) is 0 Å². The maximum atomic E-state index is 12.9. The van der Waals surface area contributed by atoms with E-state index in [1.54, 1.807) is 13.8 Å². The average Bonchev–Trinajstić information content (AvgIpc) is 3.23. The summed E-state index contributed by atoms with van der Waals surface area (Å²) in [5, 5.41) is 24.8. The Morgan fingerprint density at radius 3 is 2.00 bits per heavy atom. The van der Waals surface area contributed by atoms with Crippen LogP contribution in [0.4, 0.5) is 0 Å². The first kappa shape index (κ1) is 29.0. The molecule has 0 aliphatic carbocycles. The number of nitrogens with one attached hydrogen (secondary N) is 4. The summed E-state index contributed by atoms with van der Waals surface area (Å²) >= 11 is 0. The molecule has 194 valence electrons. The van der Waals surface area contributed by atoms with Gasteiger partial charge in [-0.05, 0) is 12.3 Å². The number of primary amides is 1. The van der Waals surface area contributed by atoms with Crippen molar-refractivity contribution in [2.75, 3.05) is 0 Å². The fourth-order valence-corrected chi connectivity index (χ4v) is 3.04. The molecular weight excluding hydrogens is 466 g/mol. The number of amides is 4. The molecule has 0 spiro atoms. The molecule has 35 heavy (non-hydrogen) atoms. The Kier molecular flexibility index (Phi) is 11.3. The summed E-state index contributed by atoms with van der Waals surface area (Å²) < 4.78 is 0. The lowest BCUT2D eigenvalue weighted by Gasteiger charge is -2.25. The van der Waals surface area contributed by atoms with Gasteiger partial charge in [-0.15, -0.1) is 0 Å². The number of carbonyl (C=O) groups excluding carboxylic acids is 4. The van der Waals surface area contributed by atoms with Crippen molar-refractivity contribution in [1.29, 1.82) is 0 Å². The monoisotopic (exact) mass is 497 g/mol. The lowest BCUT2D eigenvalue weighted by atomic mass is 10.0. The minimum Gasteiger partial charge on any atom is -0.481 e. The van der Waals surface area contributed by atoms with Crippen molar-refractivity contribution < 1.29 is 39.0 Å². The van der Waals surface area contributed by atoms with E-state index in [9.17, 15) is 28.8 Å². The second-order valence-electron chi connectivity index (χ2n) is 8.31. The summed E-state index contributed by atoms with van der Waals surface area (Å²) in [5.74, 6) is -6.72. The fraction of sp³-hybridized carbons (Fsp3) is 0.550. The molecule has 0 aromatic carbocycles. The molecule has 1 aromatic rings. The van der Waals surface area contributed by atoms with Gasteiger partial charge in [-0.25, -0.2) is 9.78 Å². The summed E-state index contributed by atoms with van der Waals surface area (Å²) in [4.78, 5) is 78.3. The molecule has 1 aromatic heterocycles. The molecule has 4 atom stereocenters. The number of aromatic amines is 1. The van der Waals surface area contributed by atoms with Crippen molar-refractivity contribution in [2.24, 2.45) is 17.4 Å². The van der Waals surface area contributed by atoms with E-state index in [0.717, 1.165) is 0 Å². The van der Waals surface area contributed by atoms with E-state index in [2.05, 4.69) is 25.9 Å². The maximum absolute atomic E-state index is 12.9. The normalized spacial score (nSPS) is 14.3. The summed E-state index contributed by atoms with van der Waals surface area (Å²) in [7, 11) is 0. The predicted octanol–water partition coefficient (Wildman–Crippen LogP) is -2.79. The number of carboxylic acid groups (broad SMARTS) is 2. The van der Waals surface area contributed by atoms with Gasteiger partial charge in [-0.2, -0.15) is 0 Å². The van der Waals surface area contributed by atoms with E-state index in [-0.39, 0.29) is 18.8 Å². The second kappa shape index (κ2) is 13.6. The molecule has 0 radical (unpaired) electrons. The van der Waals surface area contributed by atoms with Crippen molar-refractivity contribution in [3.63, 3.8) is 0 Å². The highest BCUT2D eigenvalue weighted by atomic mass is 16.4. The molecule has 0 fully saturated rings. The van der Waals surface area contributed by atoms with Crippen LogP contribution >= 0.6 is 0 Å². The van der Waals surface area contributed by atoms with Crippen LogP contribution in [0.1, 0.15) is 38.8 Å². The summed E-state index contributed by atoms with van der Waals surface area (Å²) in [6, 6.07) is -5.58. The second-order valence-corrected chi connectivity index (χ2v) is 8.31. The topological polar surface area (TPSA) is 260 Å². The number of rotatable bonds is 15. The third-order valence-corrected chi connectivity index (χ3v) is 4.70. The molecule has 0 aliphatic rings. The molecule has 1 heterocycles. The first-order valence-electron chi connectivity index (χ1n) is 10.7. The zero-order valence-electron chi connectivity index (χ0n) is 19.3. The number of nitrogens with zero attached hydrogens (tertiary/aromatic N) is 1. The minimum absolute atomic E-state index is 0.0492. The van der Waals surface area contributed by atoms with E-state index >= 15 is 0 Å². The average molecular weight is 498 g/mol. The number of nitrogens with two attached hydrogens (primary N) is 2. The van der Waals surface area contributed by atoms with Gasteiger partial charge in [0, 0.05) is 18.3 Å². The van der Waals surface area contributed by atoms with Crippen LogP contribution in [0.2, 0.25) is 0 Å². The molecule has 15 heteroatoms. The van der Waals surface area contributed by atoms with Gasteiger partial charge in [0.05, 0.1) is 25.2 Å². The lowest BCUT2D eigenvalue weighted by molar-refractivity contribution is -0.147.